The van der Waals surface area contributed by atoms with Gasteiger partial charge in [0.05, 0.1) is 19.2 Å². The fourth-order valence-electron chi connectivity index (χ4n) is 2.83. The second kappa shape index (κ2) is 6.79. The standard InChI is InChI=1S/C16H22N4O2/c1-21-14-9-12-13(18-11-19-16(12)17)10-15(14)22-8-4-7-20-5-2-3-6-20/h9-11H,2-8H2,1H3,(H2,17,18,19). The molecule has 0 atom stereocenters. The van der Waals surface area contributed by atoms with E-state index in [1.165, 1.54) is 32.3 Å². The van der Waals surface area contributed by atoms with Crippen molar-refractivity contribution in [3.8, 4) is 11.5 Å². The van der Waals surface area contributed by atoms with Crippen LogP contribution in [0.15, 0.2) is 18.5 Å². The van der Waals surface area contributed by atoms with Gasteiger partial charge in [-0.25, -0.2) is 9.97 Å². The van der Waals surface area contributed by atoms with Gasteiger partial charge in [0.1, 0.15) is 12.1 Å². The van der Waals surface area contributed by atoms with E-state index in [0.29, 0.717) is 23.9 Å². The van der Waals surface area contributed by atoms with Crippen LogP contribution >= 0.6 is 0 Å². The van der Waals surface area contributed by atoms with E-state index in [9.17, 15) is 0 Å². The minimum Gasteiger partial charge on any atom is -0.493 e. The molecule has 1 aromatic carbocycles. The molecule has 0 radical (unpaired) electrons. The number of methoxy groups -OCH3 is 1. The summed E-state index contributed by atoms with van der Waals surface area (Å²) >= 11 is 0. The Morgan fingerprint density at radius 1 is 1.18 bits per heavy atom. The molecule has 2 aromatic rings. The van der Waals surface area contributed by atoms with Gasteiger partial charge in [0, 0.05) is 18.0 Å². The van der Waals surface area contributed by atoms with Gasteiger partial charge in [-0.05, 0) is 38.4 Å². The zero-order chi connectivity index (χ0) is 15.4. The topological polar surface area (TPSA) is 73.5 Å². The molecule has 22 heavy (non-hydrogen) atoms. The van der Waals surface area contributed by atoms with Crippen LogP contribution in [0.4, 0.5) is 5.82 Å². The van der Waals surface area contributed by atoms with Crippen LogP contribution in [0.5, 0.6) is 11.5 Å². The molecule has 2 N–H and O–H groups in total. The Balaban J connectivity index is 1.66. The van der Waals surface area contributed by atoms with Crippen LogP contribution in [-0.4, -0.2) is 48.2 Å². The number of ether oxygens (including phenoxy) is 2. The van der Waals surface area contributed by atoms with Crippen molar-refractivity contribution in [1.82, 2.24) is 14.9 Å². The van der Waals surface area contributed by atoms with Gasteiger partial charge in [0.2, 0.25) is 0 Å². The second-order valence-corrected chi connectivity index (χ2v) is 5.53. The lowest BCUT2D eigenvalue weighted by Crippen LogP contribution is -2.21. The van der Waals surface area contributed by atoms with Crippen molar-refractivity contribution in [2.75, 3.05) is 39.1 Å². The molecule has 0 amide bonds. The van der Waals surface area contributed by atoms with Crippen LogP contribution in [0.2, 0.25) is 0 Å². The molecule has 0 spiro atoms. The predicted molar refractivity (Wildman–Crippen MR) is 86.3 cm³/mol. The van der Waals surface area contributed by atoms with E-state index in [4.69, 9.17) is 15.2 Å². The third-order valence-electron chi connectivity index (χ3n) is 4.03. The van der Waals surface area contributed by atoms with Gasteiger partial charge in [-0.15, -0.1) is 0 Å². The van der Waals surface area contributed by atoms with Gasteiger partial charge in [0.15, 0.2) is 11.5 Å². The van der Waals surface area contributed by atoms with Crippen LogP contribution in [0, 0.1) is 0 Å². The lowest BCUT2D eigenvalue weighted by Gasteiger charge is -2.15. The van der Waals surface area contributed by atoms with Crippen molar-refractivity contribution in [2.45, 2.75) is 19.3 Å². The largest absolute Gasteiger partial charge is 0.493 e. The number of nitrogen functional groups attached to an aromatic ring is 1. The number of hydrogen-bond donors (Lipinski definition) is 1. The summed E-state index contributed by atoms with van der Waals surface area (Å²) < 4.78 is 11.3. The maximum Gasteiger partial charge on any atom is 0.163 e. The molecular formula is C16H22N4O2. The number of benzene rings is 1. The molecular weight excluding hydrogens is 280 g/mol. The minimum absolute atomic E-state index is 0.448. The van der Waals surface area contributed by atoms with Crippen LogP contribution in [0.1, 0.15) is 19.3 Å². The van der Waals surface area contributed by atoms with E-state index in [1.54, 1.807) is 7.11 Å². The summed E-state index contributed by atoms with van der Waals surface area (Å²) in [6.45, 7) is 4.19. The van der Waals surface area contributed by atoms with Gasteiger partial charge in [-0.1, -0.05) is 0 Å². The Morgan fingerprint density at radius 2 is 2.00 bits per heavy atom. The zero-order valence-corrected chi connectivity index (χ0v) is 12.9. The summed E-state index contributed by atoms with van der Waals surface area (Å²) in [7, 11) is 1.62. The molecule has 0 unspecified atom stereocenters. The Hall–Kier alpha value is -2.08. The van der Waals surface area contributed by atoms with Crippen LogP contribution in [0.3, 0.4) is 0 Å². The maximum atomic E-state index is 5.88. The number of nitrogens with two attached hydrogens (primary N) is 1. The van der Waals surface area contributed by atoms with E-state index in [1.807, 2.05) is 12.1 Å². The van der Waals surface area contributed by atoms with E-state index < -0.39 is 0 Å². The summed E-state index contributed by atoms with van der Waals surface area (Å²) in [6.07, 6.45) is 5.11. The Bertz CT molecular complexity index is 641. The quantitative estimate of drug-likeness (QED) is 0.824. The number of aromatic nitrogens is 2. The first-order chi connectivity index (χ1) is 10.8. The van der Waals surface area contributed by atoms with E-state index in [-0.39, 0.29) is 0 Å². The van der Waals surface area contributed by atoms with Crippen molar-refractivity contribution >= 4 is 16.7 Å². The third kappa shape index (κ3) is 3.22. The lowest BCUT2D eigenvalue weighted by atomic mass is 10.2. The first-order valence-corrected chi connectivity index (χ1v) is 7.71. The van der Waals surface area contributed by atoms with Crippen molar-refractivity contribution in [3.63, 3.8) is 0 Å². The van der Waals surface area contributed by atoms with Gasteiger partial charge in [0.25, 0.3) is 0 Å². The number of likely N-dealkylation sites (tertiary alicyclic amines) is 1. The number of rotatable bonds is 6. The number of hydrogen-bond acceptors (Lipinski definition) is 6. The maximum absolute atomic E-state index is 5.88. The first-order valence-electron chi connectivity index (χ1n) is 7.71. The predicted octanol–water partition coefficient (Wildman–Crippen LogP) is 2.09. The van der Waals surface area contributed by atoms with Gasteiger partial charge < -0.3 is 20.1 Å². The fourth-order valence-corrected chi connectivity index (χ4v) is 2.83. The van der Waals surface area contributed by atoms with E-state index >= 15 is 0 Å². The molecule has 1 aliphatic rings. The molecule has 1 fully saturated rings. The Morgan fingerprint density at radius 3 is 2.77 bits per heavy atom. The minimum atomic E-state index is 0.448. The number of anilines is 1. The zero-order valence-electron chi connectivity index (χ0n) is 12.9. The van der Waals surface area contributed by atoms with Crippen molar-refractivity contribution in [3.05, 3.63) is 18.5 Å². The summed E-state index contributed by atoms with van der Waals surface area (Å²) in [4.78, 5) is 10.7. The molecule has 2 heterocycles. The van der Waals surface area contributed by atoms with Crippen molar-refractivity contribution in [1.29, 1.82) is 0 Å². The van der Waals surface area contributed by atoms with Gasteiger partial charge >= 0.3 is 0 Å². The van der Waals surface area contributed by atoms with E-state index in [2.05, 4.69) is 14.9 Å². The lowest BCUT2D eigenvalue weighted by molar-refractivity contribution is 0.254. The molecule has 6 heteroatoms. The van der Waals surface area contributed by atoms with Crippen LogP contribution < -0.4 is 15.2 Å². The molecule has 1 saturated heterocycles. The highest BCUT2D eigenvalue weighted by molar-refractivity contribution is 5.90. The summed E-state index contributed by atoms with van der Waals surface area (Å²) in [5.74, 6) is 1.81. The second-order valence-electron chi connectivity index (χ2n) is 5.53. The van der Waals surface area contributed by atoms with Crippen LogP contribution in [-0.2, 0) is 0 Å². The molecule has 6 nitrogen and oxygen atoms in total. The molecule has 3 rings (SSSR count). The Kier molecular flexibility index (Phi) is 4.58. The average molecular weight is 302 g/mol. The molecule has 0 aliphatic carbocycles. The fraction of sp³-hybridized carbons (Fsp3) is 0.500. The normalized spacial score (nSPS) is 15.3. The number of nitrogens with zero attached hydrogens (tertiary/aromatic N) is 3. The Labute approximate surface area is 130 Å². The summed E-state index contributed by atoms with van der Waals surface area (Å²) in [5.41, 5.74) is 6.63. The van der Waals surface area contributed by atoms with Crippen molar-refractivity contribution < 1.29 is 9.47 Å². The SMILES string of the molecule is COc1cc2c(N)ncnc2cc1OCCCN1CCCC1. The van der Waals surface area contributed by atoms with Crippen LogP contribution in [0.25, 0.3) is 10.9 Å². The number of fused-ring (bicyclic) bond motifs is 1. The highest BCUT2D eigenvalue weighted by Crippen LogP contribution is 2.33. The molecule has 1 aromatic heterocycles. The molecule has 0 bridgehead atoms. The third-order valence-corrected chi connectivity index (χ3v) is 4.03. The van der Waals surface area contributed by atoms with Crippen molar-refractivity contribution in [2.24, 2.45) is 0 Å². The van der Waals surface area contributed by atoms with E-state index in [0.717, 1.165) is 23.9 Å². The average Bonchev–Trinajstić information content (AvgIpc) is 3.04. The van der Waals surface area contributed by atoms with Gasteiger partial charge in [-0.3, -0.25) is 0 Å². The smallest absolute Gasteiger partial charge is 0.163 e. The molecule has 1 aliphatic heterocycles. The highest BCUT2D eigenvalue weighted by atomic mass is 16.5. The summed E-state index contributed by atoms with van der Waals surface area (Å²) in [5, 5.41) is 0.781. The first kappa shape index (κ1) is 14.8. The summed E-state index contributed by atoms with van der Waals surface area (Å²) in [6, 6.07) is 3.70. The van der Waals surface area contributed by atoms with Gasteiger partial charge in [-0.2, -0.15) is 0 Å². The molecule has 0 saturated carbocycles. The highest BCUT2D eigenvalue weighted by Gasteiger charge is 2.12. The molecule has 118 valence electrons. The monoisotopic (exact) mass is 302 g/mol.